The van der Waals surface area contributed by atoms with E-state index in [1.165, 1.54) is 12.1 Å². The second-order valence-corrected chi connectivity index (χ2v) is 5.70. The van der Waals surface area contributed by atoms with Crippen LogP contribution in [0.5, 0.6) is 0 Å². The molecule has 1 N–H and O–H groups in total. The Bertz CT molecular complexity index is 546. The summed E-state index contributed by atoms with van der Waals surface area (Å²) in [5.41, 5.74) is 0.911. The monoisotopic (exact) mass is 259 g/mol. The summed E-state index contributed by atoms with van der Waals surface area (Å²) in [4.78, 5) is -0.295. The van der Waals surface area contributed by atoms with Crippen molar-refractivity contribution in [3.63, 3.8) is 0 Å². The number of aliphatic hydroxyl groups excluding tert-OH is 1. The second kappa shape index (κ2) is 4.83. The third-order valence-electron chi connectivity index (χ3n) is 2.17. The minimum absolute atomic E-state index is 0.0293. The van der Waals surface area contributed by atoms with Crippen LogP contribution in [0.1, 0.15) is 23.6 Å². The van der Waals surface area contributed by atoms with Crippen molar-refractivity contribution >= 4 is 19.7 Å². The van der Waals surface area contributed by atoms with Gasteiger partial charge in [0.25, 0.3) is 9.05 Å². The van der Waals surface area contributed by atoms with E-state index in [0.717, 1.165) is 5.56 Å². The van der Waals surface area contributed by atoms with Crippen LogP contribution in [0.2, 0.25) is 0 Å². The van der Waals surface area contributed by atoms with Crippen LogP contribution in [0, 0.1) is 11.3 Å². The van der Waals surface area contributed by atoms with E-state index in [9.17, 15) is 8.42 Å². The fourth-order valence-electron chi connectivity index (χ4n) is 1.45. The van der Waals surface area contributed by atoms with Crippen molar-refractivity contribution < 1.29 is 13.5 Å². The van der Waals surface area contributed by atoms with E-state index in [1.54, 1.807) is 6.07 Å². The summed E-state index contributed by atoms with van der Waals surface area (Å²) >= 11 is 0. The summed E-state index contributed by atoms with van der Waals surface area (Å²) in [5.74, 6) is 0. The molecule has 0 atom stereocenters. The van der Waals surface area contributed by atoms with Crippen molar-refractivity contribution in [2.75, 3.05) is 0 Å². The minimum atomic E-state index is -4.02. The Morgan fingerprint density at radius 2 is 2.12 bits per heavy atom. The normalized spacial score (nSPS) is 11.1. The first kappa shape index (κ1) is 13.0. The van der Waals surface area contributed by atoms with Gasteiger partial charge in [0.15, 0.2) is 0 Å². The van der Waals surface area contributed by atoms with Gasteiger partial charge in [0, 0.05) is 10.7 Å². The van der Waals surface area contributed by atoms with Gasteiger partial charge in [0.05, 0.1) is 12.2 Å². The van der Waals surface area contributed by atoms with Gasteiger partial charge in [-0.3, -0.25) is 0 Å². The topological polar surface area (TPSA) is 78.2 Å². The lowest BCUT2D eigenvalue weighted by atomic mass is 10.0. The van der Waals surface area contributed by atoms with Crippen molar-refractivity contribution in [3.05, 3.63) is 28.8 Å². The molecule has 0 bridgehead atoms. The summed E-state index contributed by atoms with van der Waals surface area (Å²) in [5, 5.41) is 18.0. The molecule has 0 aliphatic rings. The molecule has 86 valence electrons. The van der Waals surface area contributed by atoms with Gasteiger partial charge in [-0.05, 0) is 23.6 Å². The highest BCUT2D eigenvalue weighted by atomic mass is 35.7. The van der Waals surface area contributed by atoms with Gasteiger partial charge in [-0.15, -0.1) is 0 Å². The number of hydrogen-bond donors (Lipinski definition) is 1. The lowest BCUT2D eigenvalue weighted by molar-refractivity contribution is 0.278. The molecule has 4 nitrogen and oxygen atoms in total. The maximum absolute atomic E-state index is 11.3. The summed E-state index contributed by atoms with van der Waals surface area (Å²) in [7, 11) is 1.21. The van der Waals surface area contributed by atoms with Gasteiger partial charge in [0.2, 0.25) is 0 Å². The number of benzene rings is 1. The summed E-state index contributed by atoms with van der Waals surface area (Å²) in [6, 6.07) is 4.78. The van der Waals surface area contributed by atoms with Crippen LogP contribution in [0.4, 0.5) is 0 Å². The highest BCUT2D eigenvalue weighted by Gasteiger charge is 2.21. The molecular formula is C10H10ClNO3S. The largest absolute Gasteiger partial charge is 0.392 e. The molecule has 6 heteroatoms. The molecule has 1 aromatic rings. The van der Waals surface area contributed by atoms with Crippen LogP contribution in [0.25, 0.3) is 0 Å². The molecule has 0 saturated carbocycles. The molecule has 0 saturated heterocycles. The first-order valence-electron chi connectivity index (χ1n) is 4.55. The highest BCUT2D eigenvalue weighted by Crippen LogP contribution is 2.26. The zero-order valence-electron chi connectivity index (χ0n) is 8.57. The van der Waals surface area contributed by atoms with E-state index in [2.05, 4.69) is 0 Å². The van der Waals surface area contributed by atoms with Crippen molar-refractivity contribution in [3.8, 4) is 6.07 Å². The molecule has 0 aliphatic heterocycles. The molecular weight excluding hydrogens is 250 g/mol. The number of aliphatic hydroxyl groups is 1. The molecule has 0 amide bonds. The molecule has 0 aliphatic carbocycles. The highest BCUT2D eigenvalue weighted by molar-refractivity contribution is 8.13. The quantitative estimate of drug-likeness (QED) is 0.835. The van der Waals surface area contributed by atoms with Gasteiger partial charge in [-0.2, -0.15) is 5.26 Å². The number of nitrogens with zero attached hydrogens (tertiary/aromatic N) is 1. The third-order valence-corrected chi connectivity index (χ3v) is 3.60. The van der Waals surface area contributed by atoms with E-state index in [-0.39, 0.29) is 16.0 Å². The maximum Gasteiger partial charge on any atom is 0.262 e. The van der Waals surface area contributed by atoms with E-state index in [1.807, 2.05) is 6.92 Å². The molecule has 16 heavy (non-hydrogen) atoms. The first-order valence-corrected chi connectivity index (χ1v) is 6.86. The van der Waals surface area contributed by atoms with Crippen molar-refractivity contribution in [1.29, 1.82) is 5.26 Å². The van der Waals surface area contributed by atoms with E-state index in [4.69, 9.17) is 21.1 Å². The van der Waals surface area contributed by atoms with Crippen molar-refractivity contribution in [1.82, 2.24) is 0 Å². The Labute approximate surface area is 98.5 Å². The Kier molecular flexibility index (Phi) is 3.92. The number of aryl methyl sites for hydroxylation is 1. The predicted molar refractivity (Wildman–Crippen MR) is 59.5 cm³/mol. The Hall–Kier alpha value is -1.09. The zero-order chi connectivity index (χ0) is 12.3. The van der Waals surface area contributed by atoms with Gasteiger partial charge >= 0.3 is 0 Å². The smallest absolute Gasteiger partial charge is 0.262 e. The third kappa shape index (κ3) is 2.53. The second-order valence-electron chi connectivity index (χ2n) is 3.19. The van der Waals surface area contributed by atoms with Crippen LogP contribution in [0.3, 0.4) is 0 Å². The Morgan fingerprint density at radius 3 is 2.50 bits per heavy atom. The summed E-state index contributed by atoms with van der Waals surface area (Å²) < 4.78 is 22.6. The van der Waals surface area contributed by atoms with E-state index < -0.39 is 15.7 Å². The number of hydrogen-bond acceptors (Lipinski definition) is 4. The lowest BCUT2D eigenvalue weighted by Crippen LogP contribution is -2.03. The van der Waals surface area contributed by atoms with E-state index >= 15 is 0 Å². The van der Waals surface area contributed by atoms with Crippen LogP contribution in [-0.2, 0) is 22.1 Å². The molecule has 1 aromatic carbocycles. The Morgan fingerprint density at radius 1 is 1.50 bits per heavy atom. The maximum atomic E-state index is 11.3. The standard InChI is InChI=1S/C10H10ClNO3S/c1-2-7-3-8(5-12)10(16(11,14)15)9(4-7)6-13/h3-4,13H,2,6H2,1H3. The number of rotatable bonds is 3. The van der Waals surface area contributed by atoms with Crippen molar-refractivity contribution in [2.24, 2.45) is 0 Å². The molecule has 0 heterocycles. The lowest BCUT2D eigenvalue weighted by Gasteiger charge is -2.08. The van der Waals surface area contributed by atoms with Gasteiger partial charge in [-0.25, -0.2) is 8.42 Å². The van der Waals surface area contributed by atoms with Crippen LogP contribution in [0.15, 0.2) is 17.0 Å². The van der Waals surface area contributed by atoms with Gasteiger partial charge in [0.1, 0.15) is 11.0 Å². The molecule has 0 unspecified atom stereocenters. The van der Waals surface area contributed by atoms with E-state index in [0.29, 0.717) is 6.42 Å². The fourth-order valence-corrected chi connectivity index (χ4v) is 2.80. The number of nitriles is 1. The Balaban J connectivity index is 3.65. The minimum Gasteiger partial charge on any atom is -0.392 e. The molecule has 0 spiro atoms. The van der Waals surface area contributed by atoms with Crippen molar-refractivity contribution in [2.45, 2.75) is 24.8 Å². The summed E-state index contributed by atoms with van der Waals surface area (Å²) in [6.07, 6.45) is 0.643. The predicted octanol–water partition coefficient (Wildman–Crippen LogP) is 1.54. The fraction of sp³-hybridized carbons (Fsp3) is 0.300. The average molecular weight is 260 g/mol. The molecule has 1 rings (SSSR count). The average Bonchev–Trinajstić information content (AvgIpc) is 2.25. The van der Waals surface area contributed by atoms with Crippen LogP contribution >= 0.6 is 10.7 Å². The van der Waals surface area contributed by atoms with Gasteiger partial charge in [-0.1, -0.05) is 13.0 Å². The van der Waals surface area contributed by atoms with Crippen LogP contribution < -0.4 is 0 Å². The van der Waals surface area contributed by atoms with Gasteiger partial charge < -0.3 is 5.11 Å². The molecule has 0 fully saturated rings. The summed E-state index contributed by atoms with van der Waals surface area (Å²) in [6.45, 7) is 1.40. The molecule has 0 aromatic heterocycles. The first-order chi connectivity index (χ1) is 7.43. The zero-order valence-corrected chi connectivity index (χ0v) is 10.1. The number of halogens is 1. The van der Waals surface area contributed by atoms with Crippen LogP contribution in [-0.4, -0.2) is 13.5 Å². The molecule has 0 radical (unpaired) electrons. The SMILES string of the molecule is CCc1cc(C#N)c(S(=O)(=O)Cl)c(CO)c1.